The van der Waals surface area contributed by atoms with Crippen molar-refractivity contribution in [2.24, 2.45) is 17.8 Å². The van der Waals surface area contributed by atoms with Crippen LogP contribution in [-0.2, 0) is 22.7 Å². The topological polar surface area (TPSA) is 62.3 Å². The highest BCUT2D eigenvalue weighted by molar-refractivity contribution is 6.42. The van der Waals surface area contributed by atoms with Gasteiger partial charge in [0, 0.05) is 32.0 Å². The van der Waals surface area contributed by atoms with Crippen LogP contribution in [0.1, 0.15) is 24.0 Å². The third kappa shape index (κ3) is 4.52. The number of carbonyl (C=O) groups is 2. The Morgan fingerprint density at radius 3 is 2.83 bits per heavy atom. The molecule has 0 saturated carbocycles. The molecule has 1 aliphatic carbocycles. The number of hydrogen-bond donors (Lipinski definition) is 1. The van der Waals surface area contributed by atoms with E-state index in [9.17, 15) is 9.59 Å². The summed E-state index contributed by atoms with van der Waals surface area (Å²) in [5.41, 5.74) is 1.87. The number of carbonyl (C=O) groups excluding carboxylic acids is 2. The number of amides is 2. The predicted molar refractivity (Wildman–Crippen MR) is 117 cm³/mol. The van der Waals surface area contributed by atoms with Crippen LogP contribution in [0, 0.1) is 17.8 Å². The van der Waals surface area contributed by atoms with Gasteiger partial charge in [-0.3, -0.25) is 14.6 Å². The largest absolute Gasteiger partial charge is 0.352 e. The average molecular weight is 444 g/mol. The highest BCUT2D eigenvalue weighted by atomic mass is 35.5. The fourth-order valence-corrected chi connectivity index (χ4v) is 4.65. The lowest BCUT2D eigenvalue weighted by molar-refractivity contribution is -0.148. The minimum Gasteiger partial charge on any atom is -0.352 e. The minimum atomic E-state index is -0.360. The molecule has 1 fully saturated rings. The quantitative estimate of drug-likeness (QED) is 0.702. The summed E-state index contributed by atoms with van der Waals surface area (Å²) in [6.45, 7) is 1.53. The summed E-state index contributed by atoms with van der Waals surface area (Å²) in [7, 11) is 0. The summed E-state index contributed by atoms with van der Waals surface area (Å²) in [6, 6.07) is 9.18. The van der Waals surface area contributed by atoms with Gasteiger partial charge in [0.05, 0.1) is 21.9 Å². The lowest BCUT2D eigenvalue weighted by Crippen LogP contribution is -2.51. The SMILES string of the molecule is O=C(NCc1cccnc1)[C@@H]1CC=C[C@@H]2CCN(Cc3ccc(Cl)c(Cl)c3)C(=O)[C@@H]21. The molecule has 2 amide bonds. The summed E-state index contributed by atoms with van der Waals surface area (Å²) in [4.78, 5) is 32.2. The molecule has 0 radical (unpaired) electrons. The molecule has 0 spiro atoms. The predicted octanol–water partition coefficient (Wildman–Crippen LogP) is 4.25. The van der Waals surface area contributed by atoms with Crippen molar-refractivity contribution in [2.75, 3.05) is 6.54 Å². The molecule has 4 rings (SSSR count). The number of benzene rings is 1. The van der Waals surface area contributed by atoms with E-state index in [1.54, 1.807) is 24.5 Å². The van der Waals surface area contributed by atoms with E-state index in [1.165, 1.54) is 0 Å². The zero-order valence-corrected chi connectivity index (χ0v) is 17.9. The molecule has 1 aromatic carbocycles. The molecule has 1 aromatic heterocycles. The van der Waals surface area contributed by atoms with E-state index in [-0.39, 0.29) is 29.6 Å². The van der Waals surface area contributed by atoms with Crippen molar-refractivity contribution in [3.8, 4) is 0 Å². The third-order valence-electron chi connectivity index (χ3n) is 5.88. The van der Waals surface area contributed by atoms with Crippen LogP contribution in [0.5, 0.6) is 0 Å². The van der Waals surface area contributed by atoms with Gasteiger partial charge in [0.15, 0.2) is 0 Å². The normalized spacial score (nSPS) is 23.2. The number of nitrogens with one attached hydrogen (secondary N) is 1. The zero-order chi connectivity index (χ0) is 21.1. The van der Waals surface area contributed by atoms with Gasteiger partial charge in [-0.25, -0.2) is 0 Å². The van der Waals surface area contributed by atoms with Crippen molar-refractivity contribution in [3.05, 3.63) is 76.0 Å². The summed E-state index contributed by atoms with van der Waals surface area (Å²) < 4.78 is 0. The van der Waals surface area contributed by atoms with Crippen LogP contribution in [0.25, 0.3) is 0 Å². The van der Waals surface area contributed by atoms with Crippen molar-refractivity contribution in [3.63, 3.8) is 0 Å². The molecule has 2 aliphatic rings. The molecule has 7 heteroatoms. The molecule has 156 valence electrons. The Morgan fingerprint density at radius 2 is 2.07 bits per heavy atom. The summed E-state index contributed by atoms with van der Waals surface area (Å²) in [6.07, 6.45) is 8.99. The molecular weight excluding hydrogens is 421 g/mol. The summed E-state index contributed by atoms with van der Waals surface area (Å²) >= 11 is 12.1. The number of aromatic nitrogens is 1. The Labute approximate surface area is 186 Å². The van der Waals surface area contributed by atoms with E-state index in [4.69, 9.17) is 23.2 Å². The van der Waals surface area contributed by atoms with E-state index >= 15 is 0 Å². The minimum absolute atomic E-state index is 0.0307. The van der Waals surface area contributed by atoms with Crippen molar-refractivity contribution >= 4 is 35.0 Å². The highest BCUT2D eigenvalue weighted by Crippen LogP contribution is 2.38. The van der Waals surface area contributed by atoms with E-state index < -0.39 is 0 Å². The fourth-order valence-electron chi connectivity index (χ4n) is 4.33. The number of hydrogen-bond acceptors (Lipinski definition) is 3. The van der Waals surface area contributed by atoms with Crippen LogP contribution in [-0.4, -0.2) is 28.2 Å². The van der Waals surface area contributed by atoms with Crippen LogP contribution < -0.4 is 5.32 Å². The van der Waals surface area contributed by atoms with Gasteiger partial charge in [-0.2, -0.15) is 0 Å². The molecule has 0 bridgehead atoms. The Bertz CT molecular complexity index is 964. The second-order valence-corrected chi connectivity index (χ2v) is 8.65. The highest BCUT2D eigenvalue weighted by Gasteiger charge is 2.44. The Morgan fingerprint density at radius 1 is 1.20 bits per heavy atom. The number of allylic oxidation sites excluding steroid dienone is 2. The molecule has 1 saturated heterocycles. The maximum atomic E-state index is 13.3. The van der Waals surface area contributed by atoms with Crippen molar-refractivity contribution in [1.29, 1.82) is 0 Å². The molecule has 3 atom stereocenters. The Balaban J connectivity index is 1.46. The van der Waals surface area contributed by atoms with Crippen LogP contribution in [0.2, 0.25) is 10.0 Å². The number of nitrogens with zero attached hydrogens (tertiary/aromatic N) is 2. The summed E-state index contributed by atoms with van der Waals surface area (Å²) in [5, 5.41) is 3.96. The lowest BCUT2D eigenvalue weighted by Gasteiger charge is -2.41. The first-order valence-electron chi connectivity index (χ1n) is 10.1. The molecule has 2 aromatic rings. The smallest absolute Gasteiger partial charge is 0.227 e. The molecule has 5 nitrogen and oxygen atoms in total. The van der Waals surface area contributed by atoms with E-state index in [0.29, 0.717) is 36.1 Å². The number of rotatable bonds is 5. The number of fused-ring (bicyclic) bond motifs is 1. The van der Waals surface area contributed by atoms with Crippen molar-refractivity contribution < 1.29 is 9.59 Å². The van der Waals surface area contributed by atoms with E-state index in [0.717, 1.165) is 17.5 Å². The first-order valence-corrected chi connectivity index (χ1v) is 10.8. The molecular formula is C23H23Cl2N3O2. The first kappa shape index (κ1) is 20.9. The summed E-state index contributed by atoms with van der Waals surface area (Å²) in [5.74, 6) is -0.641. The molecule has 0 unspecified atom stereocenters. The molecule has 1 N–H and O–H groups in total. The monoisotopic (exact) mass is 443 g/mol. The van der Waals surface area contributed by atoms with Gasteiger partial charge in [-0.05, 0) is 48.1 Å². The van der Waals surface area contributed by atoms with Gasteiger partial charge in [-0.15, -0.1) is 0 Å². The van der Waals surface area contributed by atoms with Crippen LogP contribution in [0.15, 0.2) is 54.9 Å². The second kappa shape index (κ2) is 9.19. The van der Waals surface area contributed by atoms with Gasteiger partial charge < -0.3 is 10.2 Å². The van der Waals surface area contributed by atoms with Crippen LogP contribution >= 0.6 is 23.2 Å². The maximum absolute atomic E-state index is 13.3. The van der Waals surface area contributed by atoms with Crippen molar-refractivity contribution in [2.45, 2.75) is 25.9 Å². The molecule has 30 heavy (non-hydrogen) atoms. The second-order valence-electron chi connectivity index (χ2n) is 7.84. The number of halogens is 2. The fraction of sp³-hybridized carbons (Fsp3) is 0.348. The zero-order valence-electron chi connectivity index (χ0n) is 16.4. The maximum Gasteiger partial charge on any atom is 0.227 e. The third-order valence-corrected chi connectivity index (χ3v) is 6.62. The first-order chi connectivity index (χ1) is 14.5. The number of piperidine rings is 1. The van der Waals surface area contributed by atoms with Crippen LogP contribution in [0.4, 0.5) is 0 Å². The van der Waals surface area contributed by atoms with E-state index in [1.807, 2.05) is 29.2 Å². The number of likely N-dealkylation sites (tertiary alicyclic amines) is 1. The molecule has 1 aliphatic heterocycles. The van der Waals surface area contributed by atoms with Gasteiger partial charge in [0.1, 0.15) is 0 Å². The van der Waals surface area contributed by atoms with E-state index in [2.05, 4.69) is 16.4 Å². The standard InChI is InChI=1S/C23H23Cl2N3O2/c24-19-7-6-15(11-20(19)25)14-28-10-8-17-4-1-5-18(21(17)23(28)30)22(29)27-13-16-3-2-9-26-12-16/h1-4,6-7,9,11-12,17-18,21H,5,8,10,13-14H2,(H,27,29)/t17-,18-,21+/m1/s1. The molecule has 2 heterocycles. The van der Waals surface area contributed by atoms with Gasteiger partial charge in [-0.1, -0.05) is 47.5 Å². The Hall–Kier alpha value is -2.37. The van der Waals surface area contributed by atoms with Crippen molar-refractivity contribution in [1.82, 2.24) is 15.2 Å². The van der Waals surface area contributed by atoms with Gasteiger partial charge in [0.25, 0.3) is 0 Å². The van der Waals surface area contributed by atoms with Crippen LogP contribution in [0.3, 0.4) is 0 Å². The average Bonchev–Trinajstić information content (AvgIpc) is 2.77. The van der Waals surface area contributed by atoms with Gasteiger partial charge >= 0.3 is 0 Å². The lowest BCUT2D eigenvalue weighted by atomic mass is 9.71. The van der Waals surface area contributed by atoms with Gasteiger partial charge in [0.2, 0.25) is 11.8 Å². The Kier molecular flexibility index (Phi) is 6.40. The number of pyridine rings is 1.